The number of hydrogen-bond acceptors (Lipinski definition) is 7. The van der Waals surface area contributed by atoms with Crippen molar-refractivity contribution in [1.29, 1.82) is 0 Å². The number of anilines is 2. The highest BCUT2D eigenvalue weighted by Crippen LogP contribution is 2.18. The molecule has 2 aromatic rings. The first-order valence-corrected chi connectivity index (χ1v) is 12.7. The van der Waals surface area contributed by atoms with Crippen LogP contribution in [-0.2, 0) is 22.7 Å². The van der Waals surface area contributed by atoms with Gasteiger partial charge in [-0.3, -0.25) is 14.3 Å². The number of unbranched alkanes of at least 4 members (excludes halogenated alkanes) is 2. The van der Waals surface area contributed by atoms with Crippen molar-refractivity contribution in [1.82, 2.24) is 24.8 Å². The first-order valence-electron chi connectivity index (χ1n) is 12.3. The third-order valence-electron chi connectivity index (χ3n) is 4.64. The van der Waals surface area contributed by atoms with Crippen LogP contribution in [0.15, 0.2) is 28.4 Å². The molecule has 0 atom stereocenters. The van der Waals surface area contributed by atoms with Crippen molar-refractivity contribution in [3.05, 3.63) is 18.5 Å². The van der Waals surface area contributed by atoms with Gasteiger partial charge in [0.25, 0.3) is 0 Å². The van der Waals surface area contributed by atoms with Crippen LogP contribution in [0.1, 0.15) is 38.5 Å². The minimum absolute atomic E-state index is 0.188. The summed E-state index contributed by atoms with van der Waals surface area (Å²) in [5.74, 6) is -0.739. The van der Waals surface area contributed by atoms with E-state index in [1.54, 1.807) is 16.9 Å². The van der Waals surface area contributed by atoms with E-state index in [1.807, 2.05) is 0 Å². The summed E-state index contributed by atoms with van der Waals surface area (Å²) in [5, 5.41) is 13.5. The zero-order valence-electron chi connectivity index (χ0n) is 22.3. The van der Waals surface area contributed by atoms with Gasteiger partial charge in [-0.1, -0.05) is 0 Å². The van der Waals surface area contributed by atoms with E-state index in [2.05, 4.69) is 35.9 Å². The lowest BCUT2D eigenvalue weighted by molar-refractivity contribution is -0.119. The second-order valence-corrected chi connectivity index (χ2v) is 9.07. The summed E-state index contributed by atoms with van der Waals surface area (Å²) in [7, 11) is 0. The standard InChI is InChI=1S/C11H17ClF2N6O.C10H16F3N7O/c12-11(13,14)7-17-10(16)18-9-4-6-20(19-9)5-2-1-3-8(15)21;11-10(12,13)6-16-9(15)18-8-5-17-20(19-8)4-2-1-3-7(14)21/h4,6H,1-3,5,7H2,(H2,15,21)(H3,16,17,18,19);5H,1-4,6H2,(H2,14,21)(H3,15,16,18,19). The molecule has 0 aliphatic heterocycles. The summed E-state index contributed by atoms with van der Waals surface area (Å²) in [4.78, 5) is 29.0. The van der Waals surface area contributed by atoms with Gasteiger partial charge in [0.2, 0.25) is 11.8 Å². The second kappa shape index (κ2) is 17.6. The van der Waals surface area contributed by atoms with Gasteiger partial charge in [0, 0.05) is 31.6 Å². The molecule has 0 saturated heterocycles. The number of carbonyl (C=O) groups is 2. The molecule has 0 spiro atoms. The van der Waals surface area contributed by atoms with Crippen LogP contribution in [0.25, 0.3) is 0 Å². The fraction of sp³-hybridized carbons (Fsp3) is 0.571. The van der Waals surface area contributed by atoms with Crippen molar-refractivity contribution in [3.8, 4) is 0 Å². The maximum atomic E-state index is 12.4. The zero-order chi connectivity index (χ0) is 31.8. The third kappa shape index (κ3) is 19.0. The summed E-state index contributed by atoms with van der Waals surface area (Å²) in [6, 6.07) is 1.62. The van der Waals surface area contributed by atoms with Crippen molar-refractivity contribution in [3.63, 3.8) is 0 Å². The Hall–Kier alpha value is -4.23. The van der Waals surface area contributed by atoms with Gasteiger partial charge in [0.1, 0.15) is 13.1 Å². The Balaban J connectivity index is 0.000000420. The fourth-order valence-corrected chi connectivity index (χ4v) is 2.89. The predicted molar refractivity (Wildman–Crippen MR) is 145 cm³/mol. The predicted octanol–water partition coefficient (Wildman–Crippen LogP) is 1.32. The van der Waals surface area contributed by atoms with Crippen LogP contribution in [0.3, 0.4) is 0 Å². The number of amides is 2. The summed E-state index contributed by atoms with van der Waals surface area (Å²) in [5.41, 5.74) is 20.7. The Morgan fingerprint density at radius 3 is 1.93 bits per heavy atom. The molecular formula is C21H33ClF5N13O2. The van der Waals surface area contributed by atoms with Crippen molar-refractivity contribution in [2.24, 2.45) is 32.9 Å². The molecule has 2 rings (SSSR count). The number of primary amides is 2. The highest BCUT2D eigenvalue weighted by atomic mass is 35.5. The van der Waals surface area contributed by atoms with E-state index in [4.69, 9.17) is 34.5 Å². The number of nitrogens with two attached hydrogens (primary N) is 4. The van der Waals surface area contributed by atoms with Gasteiger partial charge >= 0.3 is 11.6 Å². The lowest BCUT2D eigenvalue weighted by atomic mass is 10.2. The Kier molecular flexibility index (Phi) is 15.0. The van der Waals surface area contributed by atoms with Crippen molar-refractivity contribution in [2.75, 3.05) is 23.7 Å². The summed E-state index contributed by atoms with van der Waals surface area (Å²) in [6.07, 6.45) is 1.87. The number of aryl methyl sites for hydroxylation is 2. The number of aliphatic imine (C=N–C) groups is 2. The van der Waals surface area contributed by atoms with Gasteiger partial charge in [-0.2, -0.15) is 36.9 Å². The first kappa shape index (κ1) is 35.8. The van der Waals surface area contributed by atoms with Gasteiger partial charge in [-0.25, -0.2) is 9.98 Å². The van der Waals surface area contributed by atoms with E-state index in [0.29, 0.717) is 44.6 Å². The number of aromatic nitrogens is 5. The van der Waals surface area contributed by atoms with Gasteiger partial charge in [-0.15, -0.1) is 5.10 Å². The van der Waals surface area contributed by atoms with Crippen LogP contribution in [-0.4, -0.2) is 73.2 Å². The molecule has 0 fully saturated rings. The molecule has 0 unspecified atom stereocenters. The van der Waals surface area contributed by atoms with Crippen molar-refractivity contribution < 1.29 is 31.5 Å². The van der Waals surface area contributed by atoms with Crippen molar-refractivity contribution in [2.45, 2.75) is 63.2 Å². The normalized spacial score (nSPS) is 12.4. The van der Waals surface area contributed by atoms with Crippen LogP contribution in [0, 0.1) is 0 Å². The number of hydrogen-bond donors (Lipinski definition) is 6. The van der Waals surface area contributed by atoms with E-state index in [1.165, 1.54) is 11.0 Å². The van der Waals surface area contributed by atoms with E-state index in [9.17, 15) is 31.5 Å². The molecule has 2 heterocycles. The average Bonchev–Trinajstić information content (AvgIpc) is 3.50. The Bertz CT molecular complexity index is 1090. The lowest BCUT2D eigenvalue weighted by Crippen LogP contribution is -2.25. The zero-order valence-corrected chi connectivity index (χ0v) is 23.1. The third-order valence-corrected chi connectivity index (χ3v) is 4.76. The topological polar surface area (TPSA) is 236 Å². The van der Waals surface area contributed by atoms with Gasteiger partial charge in [-0.05, 0) is 37.3 Å². The molecule has 0 bridgehead atoms. The largest absolute Gasteiger partial charge is 0.408 e. The maximum absolute atomic E-state index is 12.4. The van der Waals surface area contributed by atoms with Crippen LogP contribution in [0.2, 0.25) is 0 Å². The SMILES string of the molecule is NC(=O)CCCCn1ccc(NC(N)=NCC(F)(F)Cl)n1.NC(=O)CCCCn1ncc(NC(N)=NCC(F)(F)F)n1. The molecule has 2 aromatic heterocycles. The van der Waals surface area contributed by atoms with E-state index < -0.39 is 30.6 Å². The number of rotatable bonds is 15. The van der Waals surface area contributed by atoms with Crippen LogP contribution in [0.4, 0.5) is 33.6 Å². The molecule has 236 valence electrons. The molecule has 0 radical (unpaired) electrons. The number of nitrogens with zero attached hydrogens (tertiary/aromatic N) is 7. The highest BCUT2D eigenvalue weighted by molar-refractivity contribution is 6.21. The monoisotopic (exact) mass is 629 g/mol. The molecule has 0 aliphatic carbocycles. The number of nitrogens with one attached hydrogen (secondary N) is 2. The quantitative estimate of drug-likeness (QED) is 0.0547. The van der Waals surface area contributed by atoms with Crippen molar-refractivity contribution >= 4 is 47.0 Å². The molecule has 0 saturated carbocycles. The second-order valence-electron chi connectivity index (χ2n) is 8.52. The van der Waals surface area contributed by atoms with E-state index in [0.717, 1.165) is 6.42 Å². The molecule has 21 heteroatoms. The van der Waals surface area contributed by atoms with Crippen LogP contribution >= 0.6 is 11.6 Å². The molecule has 42 heavy (non-hydrogen) atoms. The molecule has 15 nitrogen and oxygen atoms in total. The molecule has 10 N–H and O–H groups in total. The maximum Gasteiger partial charge on any atom is 0.408 e. The number of guanidine groups is 2. The number of carbonyl (C=O) groups excluding carboxylic acids is 2. The van der Waals surface area contributed by atoms with Crippen LogP contribution < -0.4 is 33.6 Å². The summed E-state index contributed by atoms with van der Waals surface area (Å²) >= 11 is 4.70. The van der Waals surface area contributed by atoms with Gasteiger partial charge < -0.3 is 33.6 Å². The average molecular weight is 630 g/mol. The number of alkyl halides is 6. The first-order chi connectivity index (χ1) is 19.5. The summed E-state index contributed by atoms with van der Waals surface area (Å²) in [6.45, 7) is -1.23. The highest BCUT2D eigenvalue weighted by Gasteiger charge is 2.26. The Morgan fingerprint density at radius 2 is 1.38 bits per heavy atom. The fourth-order valence-electron chi connectivity index (χ4n) is 2.83. The van der Waals surface area contributed by atoms with E-state index >= 15 is 0 Å². The lowest BCUT2D eigenvalue weighted by Gasteiger charge is -2.05. The minimum Gasteiger partial charge on any atom is -0.370 e. The molecular weight excluding hydrogens is 597 g/mol. The van der Waals surface area contributed by atoms with Gasteiger partial charge in [0.05, 0.1) is 12.7 Å². The number of halogens is 6. The molecule has 2 amide bonds. The smallest absolute Gasteiger partial charge is 0.370 e. The van der Waals surface area contributed by atoms with Crippen LogP contribution in [0.5, 0.6) is 0 Å². The van der Waals surface area contributed by atoms with E-state index in [-0.39, 0.29) is 30.0 Å². The summed E-state index contributed by atoms with van der Waals surface area (Å²) < 4.78 is 62.2. The van der Waals surface area contributed by atoms with Gasteiger partial charge in [0.15, 0.2) is 23.6 Å². The molecule has 0 aromatic carbocycles. The molecule has 0 aliphatic rings. The Labute approximate surface area is 241 Å². The Morgan fingerprint density at radius 1 is 0.833 bits per heavy atom. The minimum atomic E-state index is -4.41.